The number of thioether (sulfide) groups is 1. The van der Waals surface area contributed by atoms with Crippen LogP contribution in [0.3, 0.4) is 0 Å². The fourth-order valence-electron chi connectivity index (χ4n) is 1.43. The van der Waals surface area contributed by atoms with E-state index in [1.165, 1.54) is 0 Å². The van der Waals surface area contributed by atoms with Gasteiger partial charge in [0.05, 0.1) is 5.75 Å². The van der Waals surface area contributed by atoms with Crippen LogP contribution in [0.1, 0.15) is 26.7 Å². The molecule has 3 nitrogen and oxygen atoms in total. The third-order valence-corrected chi connectivity index (χ3v) is 4.83. The van der Waals surface area contributed by atoms with Crippen LogP contribution in [-0.4, -0.2) is 44.5 Å². The number of rotatable bonds is 9. The van der Waals surface area contributed by atoms with Crippen molar-refractivity contribution in [3.8, 4) is 0 Å². The molecule has 0 fully saturated rings. The van der Waals surface area contributed by atoms with E-state index in [1.54, 1.807) is 18.7 Å². The highest BCUT2D eigenvalue weighted by atomic mass is 32.2. The molecule has 0 bridgehead atoms. The molecular formula is C10H23NO2S2. The molecule has 1 unspecified atom stereocenters. The van der Waals surface area contributed by atoms with Gasteiger partial charge in [0.15, 0.2) is 0 Å². The van der Waals surface area contributed by atoms with Crippen molar-refractivity contribution in [2.75, 3.05) is 30.1 Å². The zero-order chi connectivity index (χ0) is 11.7. The molecule has 1 N–H and O–H groups in total. The molecule has 0 saturated heterocycles. The predicted molar refractivity (Wildman–Crippen MR) is 69.4 cm³/mol. The van der Waals surface area contributed by atoms with E-state index in [4.69, 9.17) is 0 Å². The molecule has 0 aromatic rings. The molecule has 0 aliphatic heterocycles. The van der Waals surface area contributed by atoms with E-state index in [1.807, 2.05) is 0 Å². The second kappa shape index (κ2) is 8.42. The van der Waals surface area contributed by atoms with Crippen LogP contribution in [0.4, 0.5) is 0 Å². The summed E-state index contributed by atoms with van der Waals surface area (Å²) in [6.07, 6.45) is 3.80. The zero-order valence-electron chi connectivity index (χ0n) is 9.95. The van der Waals surface area contributed by atoms with Crippen molar-refractivity contribution in [1.82, 2.24) is 5.32 Å². The van der Waals surface area contributed by atoms with Crippen molar-refractivity contribution < 1.29 is 8.42 Å². The van der Waals surface area contributed by atoms with Gasteiger partial charge in [-0.1, -0.05) is 13.8 Å². The Balaban J connectivity index is 3.79. The lowest BCUT2D eigenvalue weighted by atomic mass is 10.2. The standard InChI is InChI=1S/C10H23NO2S2/c1-4-11-10(9-14-3)7-6-8-15(12,13)5-2/h10-11H,4-9H2,1-3H3. The molecule has 5 heteroatoms. The van der Waals surface area contributed by atoms with Crippen LogP contribution in [0.5, 0.6) is 0 Å². The highest BCUT2D eigenvalue weighted by molar-refractivity contribution is 7.98. The van der Waals surface area contributed by atoms with Gasteiger partial charge in [-0.2, -0.15) is 11.8 Å². The maximum absolute atomic E-state index is 11.3. The first-order valence-corrected chi connectivity index (χ1v) is 8.70. The minimum Gasteiger partial charge on any atom is -0.313 e. The third kappa shape index (κ3) is 8.11. The number of hydrogen-bond acceptors (Lipinski definition) is 4. The number of sulfone groups is 1. The fourth-order valence-corrected chi connectivity index (χ4v) is 3.01. The first kappa shape index (κ1) is 15.3. The Labute approximate surface area is 98.3 Å². The van der Waals surface area contributed by atoms with E-state index in [-0.39, 0.29) is 5.75 Å². The summed E-state index contributed by atoms with van der Waals surface area (Å²) in [6.45, 7) is 4.74. The summed E-state index contributed by atoms with van der Waals surface area (Å²) in [7, 11) is -2.78. The molecular weight excluding hydrogens is 230 g/mol. The summed E-state index contributed by atoms with van der Waals surface area (Å²) < 4.78 is 22.5. The SMILES string of the molecule is CCNC(CCCS(=O)(=O)CC)CSC. The molecule has 0 aliphatic carbocycles. The number of nitrogens with one attached hydrogen (secondary N) is 1. The minimum absolute atomic E-state index is 0.265. The molecule has 0 radical (unpaired) electrons. The van der Waals surface area contributed by atoms with Crippen molar-refractivity contribution in [2.45, 2.75) is 32.7 Å². The lowest BCUT2D eigenvalue weighted by Gasteiger charge is -2.16. The molecule has 0 aliphatic rings. The van der Waals surface area contributed by atoms with Crippen LogP contribution in [0.2, 0.25) is 0 Å². The summed E-state index contributed by atoms with van der Waals surface area (Å²) >= 11 is 1.80. The van der Waals surface area contributed by atoms with E-state index >= 15 is 0 Å². The molecule has 0 aromatic carbocycles. The van der Waals surface area contributed by atoms with Crippen molar-refractivity contribution in [3.63, 3.8) is 0 Å². The summed E-state index contributed by atoms with van der Waals surface area (Å²) in [5, 5.41) is 3.37. The molecule has 0 saturated carbocycles. The molecule has 1 atom stereocenters. The molecule has 92 valence electrons. The topological polar surface area (TPSA) is 46.2 Å². The van der Waals surface area contributed by atoms with E-state index in [2.05, 4.69) is 18.5 Å². The van der Waals surface area contributed by atoms with Crippen molar-refractivity contribution in [1.29, 1.82) is 0 Å². The van der Waals surface area contributed by atoms with Crippen molar-refractivity contribution in [2.24, 2.45) is 0 Å². The normalized spacial score (nSPS) is 14.1. The van der Waals surface area contributed by atoms with Gasteiger partial charge in [-0.15, -0.1) is 0 Å². The van der Waals surface area contributed by atoms with Gasteiger partial charge >= 0.3 is 0 Å². The van der Waals surface area contributed by atoms with Crippen LogP contribution in [0.25, 0.3) is 0 Å². The van der Waals surface area contributed by atoms with Crippen LogP contribution in [-0.2, 0) is 9.84 Å². The predicted octanol–water partition coefficient (Wildman–Crippen LogP) is 1.54. The second-order valence-electron chi connectivity index (χ2n) is 3.59. The Morgan fingerprint density at radius 2 is 2.00 bits per heavy atom. The van der Waals surface area contributed by atoms with E-state index < -0.39 is 9.84 Å². The van der Waals surface area contributed by atoms with Gasteiger partial charge in [-0.25, -0.2) is 8.42 Å². The van der Waals surface area contributed by atoms with Crippen LogP contribution < -0.4 is 5.32 Å². The highest BCUT2D eigenvalue weighted by Gasteiger charge is 2.10. The maximum Gasteiger partial charge on any atom is 0.150 e. The smallest absolute Gasteiger partial charge is 0.150 e. The molecule has 0 rings (SSSR count). The Bertz CT molecular complexity index is 234. The second-order valence-corrected chi connectivity index (χ2v) is 6.97. The van der Waals surface area contributed by atoms with Gasteiger partial charge in [-0.05, 0) is 25.6 Å². The summed E-state index contributed by atoms with van der Waals surface area (Å²) in [5.74, 6) is 1.65. The lowest BCUT2D eigenvalue weighted by Crippen LogP contribution is -2.31. The van der Waals surface area contributed by atoms with Gasteiger partial charge in [0.25, 0.3) is 0 Å². The first-order valence-electron chi connectivity index (χ1n) is 5.48. The van der Waals surface area contributed by atoms with Gasteiger partial charge in [0.1, 0.15) is 9.84 Å². The van der Waals surface area contributed by atoms with Crippen LogP contribution in [0, 0.1) is 0 Å². The maximum atomic E-state index is 11.3. The summed E-state index contributed by atoms with van der Waals surface area (Å²) in [5.41, 5.74) is 0. The van der Waals surface area contributed by atoms with Gasteiger partial charge in [0.2, 0.25) is 0 Å². The molecule has 0 amide bonds. The Morgan fingerprint density at radius 1 is 1.33 bits per heavy atom. The Kier molecular flexibility index (Phi) is 8.56. The van der Waals surface area contributed by atoms with Gasteiger partial charge in [0, 0.05) is 17.5 Å². The van der Waals surface area contributed by atoms with E-state index in [0.29, 0.717) is 11.8 Å². The fraction of sp³-hybridized carbons (Fsp3) is 1.00. The largest absolute Gasteiger partial charge is 0.313 e. The summed E-state index contributed by atoms with van der Waals surface area (Å²) in [4.78, 5) is 0. The third-order valence-electron chi connectivity index (χ3n) is 2.31. The molecule has 0 heterocycles. The highest BCUT2D eigenvalue weighted by Crippen LogP contribution is 2.06. The molecule has 15 heavy (non-hydrogen) atoms. The molecule has 0 aromatic heterocycles. The van der Waals surface area contributed by atoms with Crippen LogP contribution >= 0.6 is 11.8 Å². The van der Waals surface area contributed by atoms with Crippen molar-refractivity contribution >= 4 is 21.6 Å². The minimum atomic E-state index is -2.78. The Morgan fingerprint density at radius 3 is 2.47 bits per heavy atom. The Hall–Kier alpha value is 0.260. The monoisotopic (exact) mass is 253 g/mol. The average Bonchev–Trinajstić information content (AvgIpc) is 2.18. The summed E-state index contributed by atoms with van der Waals surface area (Å²) in [6, 6.07) is 0.456. The van der Waals surface area contributed by atoms with Crippen molar-refractivity contribution in [3.05, 3.63) is 0 Å². The van der Waals surface area contributed by atoms with E-state index in [0.717, 1.165) is 25.1 Å². The lowest BCUT2D eigenvalue weighted by molar-refractivity contribution is 0.527. The van der Waals surface area contributed by atoms with Gasteiger partial charge in [-0.3, -0.25) is 0 Å². The average molecular weight is 253 g/mol. The first-order chi connectivity index (χ1) is 7.05. The zero-order valence-corrected chi connectivity index (χ0v) is 11.6. The number of hydrogen-bond donors (Lipinski definition) is 1. The quantitative estimate of drug-likeness (QED) is 0.677. The van der Waals surface area contributed by atoms with E-state index in [9.17, 15) is 8.42 Å². The molecule has 0 spiro atoms. The van der Waals surface area contributed by atoms with Crippen LogP contribution in [0.15, 0.2) is 0 Å². The van der Waals surface area contributed by atoms with Gasteiger partial charge < -0.3 is 5.32 Å².